The molecule has 1 nitrogen and oxygen atoms in total. The van der Waals surface area contributed by atoms with Crippen molar-refractivity contribution >= 4 is 21.9 Å². The fraction of sp³-hybridized carbons (Fsp3) is 0.0182. The van der Waals surface area contributed by atoms with Gasteiger partial charge in [-0.3, -0.25) is 0 Å². The maximum absolute atomic E-state index is 6.18. The lowest BCUT2D eigenvalue weighted by atomic mass is 9.82. The molecular formula is C55H38O. The van der Waals surface area contributed by atoms with Crippen LogP contribution < -0.4 is 0 Å². The third-order valence-corrected chi connectivity index (χ3v) is 11.0. The monoisotopic (exact) mass is 714 g/mol. The van der Waals surface area contributed by atoms with Crippen molar-refractivity contribution in [2.75, 3.05) is 0 Å². The molecule has 10 rings (SSSR count). The summed E-state index contributed by atoms with van der Waals surface area (Å²) in [6, 6.07) is 81.2. The van der Waals surface area contributed by atoms with E-state index in [0.29, 0.717) is 0 Å². The highest BCUT2D eigenvalue weighted by atomic mass is 16.3. The van der Waals surface area contributed by atoms with Gasteiger partial charge in [-0.1, -0.05) is 194 Å². The Morgan fingerprint density at radius 1 is 0.232 bits per heavy atom. The average Bonchev–Trinajstić information content (AvgIpc) is 3.66. The van der Waals surface area contributed by atoms with Crippen molar-refractivity contribution in [2.24, 2.45) is 0 Å². The first kappa shape index (κ1) is 33.4. The fourth-order valence-corrected chi connectivity index (χ4v) is 8.19. The van der Waals surface area contributed by atoms with Crippen molar-refractivity contribution in [1.82, 2.24) is 0 Å². The van der Waals surface area contributed by atoms with Crippen LogP contribution in [-0.4, -0.2) is 0 Å². The van der Waals surface area contributed by atoms with E-state index < -0.39 is 0 Å². The van der Waals surface area contributed by atoms with E-state index in [1.165, 1.54) is 72.3 Å². The Balaban J connectivity index is 1.10. The van der Waals surface area contributed by atoms with E-state index in [-0.39, 0.29) is 5.92 Å². The lowest BCUT2D eigenvalue weighted by molar-refractivity contribution is 0.669. The van der Waals surface area contributed by atoms with Crippen molar-refractivity contribution in [3.8, 4) is 55.6 Å². The standard InChI is InChI=1S/C55H38O/c1-3-14-38(15-4-1)40-18-9-20-42(32-40)44-22-11-25-48(34-44)55(49-26-12-23-45(35-49)43-21-10-19-41(33-43)39-16-5-2-6-17-39)50-27-13-24-46(36-50)47-30-31-54-52(37-47)51-28-7-8-29-53(51)56-54/h1-37,55H. The summed E-state index contributed by atoms with van der Waals surface area (Å²) >= 11 is 0. The highest BCUT2D eigenvalue weighted by Crippen LogP contribution is 2.39. The maximum Gasteiger partial charge on any atom is 0.135 e. The largest absolute Gasteiger partial charge is 0.456 e. The fourth-order valence-electron chi connectivity index (χ4n) is 8.19. The molecule has 0 spiro atoms. The van der Waals surface area contributed by atoms with Crippen LogP contribution in [0.1, 0.15) is 22.6 Å². The molecule has 0 saturated carbocycles. The van der Waals surface area contributed by atoms with Crippen LogP contribution in [0.3, 0.4) is 0 Å². The van der Waals surface area contributed by atoms with Crippen LogP contribution >= 0.6 is 0 Å². The van der Waals surface area contributed by atoms with Gasteiger partial charge in [-0.25, -0.2) is 0 Å². The number of hydrogen-bond acceptors (Lipinski definition) is 1. The molecule has 56 heavy (non-hydrogen) atoms. The summed E-state index contributed by atoms with van der Waals surface area (Å²) in [5.74, 6) is -0.0112. The minimum atomic E-state index is -0.0112. The third-order valence-electron chi connectivity index (χ3n) is 11.0. The van der Waals surface area contributed by atoms with Gasteiger partial charge in [-0.15, -0.1) is 0 Å². The highest BCUT2D eigenvalue weighted by molar-refractivity contribution is 6.06. The maximum atomic E-state index is 6.18. The second-order valence-corrected chi connectivity index (χ2v) is 14.5. The summed E-state index contributed by atoms with van der Waals surface area (Å²) in [7, 11) is 0. The Hall–Kier alpha value is -7.22. The van der Waals surface area contributed by atoms with E-state index in [1.807, 2.05) is 12.1 Å². The minimum Gasteiger partial charge on any atom is -0.456 e. The molecule has 10 aromatic rings. The Kier molecular flexibility index (Phi) is 8.67. The van der Waals surface area contributed by atoms with Gasteiger partial charge in [0.1, 0.15) is 11.2 Å². The molecule has 0 fully saturated rings. The zero-order valence-electron chi connectivity index (χ0n) is 30.8. The highest BCUT2D eigenvalue weighted by Gasteiger charge is 2.20. The minimum absolute atomic E-state index is 0.0112. The van der Waals surface area contributed by atoms with Gasteiger partial charge in [-0.2, -0.15) is 0 Å². The summed E-state index contributed by atoms with van der Waals surface area (Å²) in [5, 5.41) is 2.27. The van der Waals surface area contributed by atoms with Gasteiger partial charge in [-0.05, 0) is 103 Å². The molecule has 0 unspecified atom stereocenters. The Bertz CT molecular complexity index is 2840. The van der Waals surface area contributed by atoms with E-state index in [0.717, 1.165) is 21.9 Å². The zero-order chi connectivity index (χ0) is 37.3. The molecule has 0 saturated heterocycles. The van der Waals surface area contributed by atoms with E-state index in [2.05, 4.69) is 212 Å². The lowest BCUT2D eigenvalue weighted by Gasteiger charge is -2.22. The van der Waals surface area contributed by atoms with Crippen molar-refractivity contribution in [3.63, 3.8) is 0 Å². The van der Waals surface area contributed by atoms with Gasteiger partial charge in [0.25, 0.3) is 0 Å². The van der Waals surface area contributed by atoms with Gasteiger partial charge in [0.2, 0.25) is 0 Å². The Morgan fingerprint density at radius 3 is 1.09 bits per heavy atom. The predicted octanol–water partition coefficient (Wildman–Crippen LogP) is 15.1. The Morgan fingerprint density at radius 2 is 0.589 bits per heavy atom. The molecule has 0 atom stereocenters. The predicted molar refractivity (Wildman–Crippen MR) is 235 cm³/mol. The number of furan rings is 1. The summed E-state index contributed by atoms with van der Waals surface area (Å²) in [4.78, 5) is 0. The van der Waals surface area contributed by atoms with Gasteiger partial charge >= 0.3 is 0 Å². The normalized spacial score (nSPS) is 11.4. The van der Waals surface area contributed by atoms with Gasteiger partial charge in [0, 0.05) is 16.7 Å². The van der Waals surface area contributed by atoms with Crippen LogP contribution in [0.25, 0.3) is 77.6 Å². The average molecular weight is 715 g/mol. The molecule has 1 heteroatoms. The first-order valence-corrected chi connectivity index (χ1v) is 19.3. The number of hydrogen-bond donors (Lipinski definition) is 0. The first-order valence-electron chi connectivity index (χ1n) is 19.3. The van der Waals surface area contributed by atoms with Gasteiger partial charge in [0.05, 0.1) is 0 Å². The van der Waals surface area contributed by atoms with E-state index in [1.54, 1.807) is 0 Å². The van der Waals surface area contributed by atoms with E-state index in [4.69, 9.17) is 4.42 Å². The SMILES string of the molecule is c1ccc(-c2cccc(-c3cccc(C(c4cccc(-c5cccc(-c6ccccc6)c5)c4)c4cccc(-c5ccc6oc7ccccc7c6c5)c4)c3)c2)cc1. The molecule has 0 aliphatic rings. The summed E-state index contributed by atoms with van der Waals surface area (Å²) in [5.41, 5.74) is 17.6. The van der Waals surface area contributed by atoms with Crippen molar-refractivity contribution in [3.05, 3.63) is 241 Å². The van der Waals surface area contributed by atoms with Crippen molar-refractivity contribution < 1.29 is 4.42 Å². The van der Waals surface area contributed by atoms with Gasteiger partial charge in [0.15, 0.2) is 0 Å². The summed E-state index contributed by atoms with van der Waals surface area (Å²) in [6.45, 7) is 0. The molecule has 1 heterocycles. The molecule has 9 aromatic carbocycles. The lowest BCUT2D eigenvalue weighted by Crippen LogP contribution is -2.04. The van der Waals surface area contributed by atoms with Crippen LogP contribution in [0.4, 0.5) is 0 Å². The first-order chi connectivity index (χ1) is 27.7. The van der Waals surface area contributed by atoms with Crippen molar-refractivity contribution in [1.29, 1.82) is 0 Å². The smallest absolute Gasteiger partial charge is 0.135 e. The molecule has 0 bridgehead atoms. The van der Waals surface area contributed by atoms with Crippen LogP contribution in [0.5, 0.6) is 0 Å². The van der Waals surface area contributed by atoms with E-state index >= 15 is 0 Å². The molecule has 0 amide bonds. The third kappa shape index (κ3) is 6.50. The van der Waals surface area contributed by atoms with Crippen LogP contribution in [0.15, 0.2) is 229 Å². The van der Waals surface area contributed by atoms with Crippen LogP contribution in [0, 0.1) is 0 Å². The molecule has 0 N–H and O–H groups in total. The number of benzene rings is 9. The number of para-hydroxylation sites is 1. The quantitative estimate of drug-likeness (QED) is 0.143. The molecule has 0 radical (unpaired) electrons. The molecule has 264 valence electrons. The summed E-state index contributed by atoms with van der Waals surface area (Å²) < 4.78 is 6.18. The molecule has 0 aliphatic carbocycles. The zero-order valence-corrected chi connectivity index (χ0v) is 30.8. The second-order valence-electron chi connectivity index (χ2n) is 14.5. The van der Waals surface area contributed by atoms with E-state index in [9.17, 15) is 0 Å². The van der Waals surface area contributed by atoms with Crippen LogP contribution in [-0.2, 0) is 0 Å². The molecule has 1 aromatic heterocycles. The Labute approximate surface area is 327 Å². The van der Waals surface area contributed by atoms with Gasteiger partial charge < -0.3 is 4.42 Å². The number of rotatable bonds is 8. The molecular weight excluding hydrogens is 677 g/mol. The second kappa shape index (κ2) is 14.5. The van der Waals surface area contributed by atoms with Crippen molar-refractivity contribution in [2.45, 2.75) is 5.92 Å². The van der Waals surface area contributed by atoms with Crippen LogP contribution in [0.2, 0.25) is 0 Å². The topological polar surface area (TPSA) is 13.1 Å². The molecule has 0 aliphatic heterocycles. The number of fused-ring (bicyclic) bond motifs is 3. The summed E-state index contributed by atoms with van der Waals surface area (Å²) in [6.07, 6.45) is 0.